The van der Waals surface area contributed by atoms with E-state index in [1.165, 1.54) is 0 Å². The largest absolute Gasteiger partial charge is 0.372 e. The van der Waals surface area contributed by atoms with E-state index in [9.17, 15) is 9.59 Å². The van der Waals surface area contributed by atoms with Gasteiger partial charge in [-0.1, -0.05) is 66.7 Å². The second-order valence-corrected chi connectivity index (χ2v) is 8.17. The van der Waals surface area contributed by atoms with Gasteiger partial charge in [0.2, 0.25) is 5.91 Å². The highest BCUT2D eigenvalue weighted by Gasteiger charge is 2.33. The average molecular weight is 429 g/mol. The van der Waals surface area contributed by atoms with Crippen LogP contribution in [0.15, 0.2) is 78.9 Å². The number of hydrogen-bond acceptors (Lipinski definition) is 3. The van der Waals surface area contributed by atoms with Gasteiger partial charge in [0.1, 0.15) is 0 Å². The quantitative estimate of drug-likeness (QED) is 0.537. The van der Waals surface area contributed by atoms with Crippen LogP contribution in [0.3, 0.4) is 0 Å². The van der Waals surface area contributed by atoms with Crippen molar-refractivity contribution >= 4 is 17.5 Å². The van der Waals surface area contributed by atoms with E-state index in [4.69, 9.17) is 4.74 Å². The molecule has 3 aromatic carbocycles. The molecule has 0 aromatic heterocycles. The summed E-state index contributed by atoms with van der Waals surface area (Å²) in [6.07, 6.45) is 1.87. The van der Waals surface area contributed by atoms with E-state index in [2.05, 4.69) is 5.32 Å². The van der Waals surface area contributed by atoms with Crippen LogP contribution in [0.4, 0.5) is 5.69 Å². The van der Waals surface area contributed by atoms with Crippen LogP contribution in [0, 0.1) is 5.92 Å². The molecule has 32 heavy (non-hydrogen) atoms. The Morgan fingerprint density at radius 2 is 1.44 bits per heavy atom. The zero-order chi connectivity index (χ0) is 22.3. The first-order valence-corrected chi connectivity index (χ1v) is 11.0. The lowest BCUT2D eigenvalue weighted by molar-refractivity contribution is -0.119. The van der Waals surface area contributed by atoms with Crippen molar-refractivity contribution in [2.45, 2.75) is 32.6 Å². The van der Waals surface area contributed by atoms with Crippen molar-refractivity contribution in [3.8, 4) is 0 Å². The Balaban J connectivity index is 1.30. The Kier molecular flexibility index (Phi) is 6.97. The summed E-state index contributed by atoms with van der Waals surface area (Å²) in [5, 5.41) is 2.97. The molecule has 0 unspecified atom stereocenters. The molecular weight excluding hydrogens is 400 g/mol. The van der Waals surface area contributed by atoms with Crippen molar-refractivity contribution in [2.75, 3.05) is 11.9 Å². The van der Waals surface area contributed by atoms with Gasteiger partial charge in [-0.15, -0.1) is 0 Å². The maximum Gasteiger partial charge on any atom is 0.253 e. The number of hydrogen-bond donors (Lipinski definition) is 1. The van der Waals surface area contributed by atoms with Gasteiger partial charge in [0.05, 0.1) is 24.5 Å². The van der Waals surface area contributed by atoms with Gasteiger partial charge in [0, 0.05) is 19.5 Å². The first-order valence-electron chi connectivity index (χ1n) is 11.0. The van der Waals surface area contributed by atoms with Crippen molar-refractivity contribution in [1.82, 2.24) is 5.32 Å². The zero-order valence-electron chi connectivity index (χ0n) is 18.3. The lowest BCUT2D eigenvalue weighted by Gasteiger charge is -2.20. The molecule has 0 aliphatic heterocycles. The molecule has 3 aromatic rings. The highest BCUT2D eigenvalue weighted by molar-refractivity contribution is 6.05. The van der Waals surface area contributed by atoms with Crippen LogP contribution in [-0.2, 0) is 29.3 Å². The van der Waals surface area contributed by atoms with Crippen LogP contribution in [0.25, 0.3) is 0 Å². The van der Waals surface area contributed by atoms with E-state index in [1.807, 2.05) is 72.8 Å². The highest BCUT2D eigenvalue weighted by Crippen LogP contribution is 2.33. The van der Waals surface area contributed by atoms with Crippen molar-refractivity contribution in [2.24, 2.45) is 5.92 Å². The molecular formula is C27H28N2O3. The number of carbonyl (C=O) groups is 2. The molecule has 0 radical (unpaired) electrons. The lowest BCUT2D eigenvalue weighted by atomic mass is 10.1. The molecule has 1 saturated carbocycles. The molecule has 0 saturated heterocycles. The third kappa shape index (κ3) is 5.62. The van der Waals surface area contributed by atoms with Crippen LogP contribution >= 0.6 is 0 Å². The topological polar surface area (TPSA) is 58.6 Å². The van der Waals surface area contributed by atoms with Gasteiger partial charge in [-0.25, -0.2) is 0 Å². The van der Waals surface area contributed by atoms with Gasteiger partial charge in [-0.05, 0) is 41.7 Å². The number of rotatable bonds is 9. The standard InChI is InChI=1S/C27H28N2O3/c1-29(27(31)23-15-16-23)25-10-6-5-9-24(25)26(30)28-17-20-11-13-22(14-12-20)19-32-18-21-7-3-2-4-8-21/h2-14,23H,15-19H2,1H3,(H,28,30). The predicted octanol–water partition coefficient (Wildman–Crippen LogP) is 4.71. The Bertz CT molecular complexity index is 1060. The van der Waals surface area contributed by atoms with E-state index in [1.54, 1.807) is 18.0 Å². The second kappa shape index (κ2) is 10.2. The molecule has 1 N–H and O–H groups in total. The van der Waals surface area contributed by atoms with Crippen LogP contribution < -0.4 is 10.2 Å². The number of nitrogens with one attached hydrogen (secondary N) is 1. The summed E-state index contributed by atoms with van der Waals surface area (Å²) in [5.74, 6) is -0.00653. The predicted molar refractivity (Wildman–Crippen MR) is 125 cm³/mol. The third-order valence-corrected chi connectivity index (χ3v) is 5.62. The summed E-state index contributed by atoms with van der Waals surface area (Å²) in [6, 6.07) is 25.4. The fourth-order valence-electron chi connectivity index (χ4n) is 3.57. The summed E-state index contributed by atoms with van der Waals surface area (Å²) in [6.45, 7) is 1.53. The summed E-state index contributed by atoms with van der Waals surface area (Å²) < 4.78 is 5.78. The first-order chi connectivity index (χ1) is 15.6. The fraction of sp³-hybridized carbons (Fsp3) is 0.259. The third-order valence-electron chi connectivity index (χ3n) is 5.62. The minimum Gasteiger partial charge on any atom is -0.372 e. The highest BCUT2D eigenvalue weighted by atomic mass is 16.5. The van der Waals surface area contributed by atoms with E-state index in [-0.39, 0.29) is 17.7 Å². The lowest BCUT2D eigenvalue weighted by Crippen LogP contribution is -2.31. The van der Waals surface area contributed by atoms with Gasteiger partial charge < -0.3 is 15.0 Å². The van der Waals surface area contributed by atoms with Crippen molar-refractivity contribution < 1.29 is 14.3 Å². The molecule has 0 bridgehead atoms. The Morgan fingerprint density at radius 3 is 2.12 bits per heavy atom. The number of para-hydroxylation sites is 1. The van der Waals surface area contributed by atoms with E-state index in [0.717, 1.165) is 29.5 Å². The zero-order valence-corrected chi connectivity index (χ0v) is 18.3. The molecule has 4 rings (SSSR count). The molecule has 2 amide bonds. The number of anilines is 1. The summed E-state index contributed by atoms with van der Waals surface area (Å²) in [5.41, 5.74) is 4.39. The Morgan fingerprint density at radius 1 is 0.844 bits per heavy atom. The normalized spacial score (nSPS) is 12.9. The molecule has 5 nitrogen and oxygen atoms in total. The van der Waals surface area contributed by atoms with Gasteiger partial charge in [0.15, 0.2) is 0 Å². The number of nitrogens with zero attached hydrogens (tertiary/aromatic N) is 1. The minimum atomic E-state index is -0.189. The SMILES string of the molecule is CN(C(=O)C1CC1)c1ccccc1C(=O)NCc1ccc(COCc2ccccc2)cc1. The number of ether oxygens (including phenoxy) is 1. The summed E-state index contributed by atoms with van der Waals surface area (Å²) in [7, 11) is 1.74. The maximum atomic E-state index is 12.8. The van der Waals surface area contributed by atoms with Crippen LogP contribution in [0.5, 0.6) is 0 Å². The van der Waals surface area contributed by atoms with Crippen LogP contribution in [0.2, 0.25) is 0 Å². The number of benzene rings is 3. The molecule has 1 aliphatic rings. The van der Waals surface area contributed by atoms with Crippen molar-refractivity contribution in [3.63, 3.8) is 0 Å². The second-order valence-electron chi connectivity index (χ2n) is 8.17. The minimum absolute atomic E-state index is 0.0790. The van der Waals surface area contributed by atoms with Gasteiger partial charge in [0.25, 0.3) is 5.91 Å². The number of amides is 2. The van der Waals surface area contributed by atoms with E-state index >= 15 is 0 Å². The van der Waals surface area contributed by atoms with Crippen LogP contribution in [-0.4, -0.2) is 18.9 Å². The van der Waals surface area contributed by atoms with Gasteiger partial charge in [-0.3, -0.25) is 9.59 Å². The molecule has 164 valence electrons. The van der Waals surface area contributed by atoms with E-state index < -0.39 is 0 Å². The summed E-state index contributed by atoms with van der Waals surface area (Å²) in [4.78, 5) is 26.9. The van der Waals surface area contributed by atoms with Gasteiger partial charge >= 0.3 is 0 Å². The summed E-state index contributed by atoms with van der Waals surface area (Å²) >= 11 is 0. The Labute approximate surface area is 189 Å². The average Bonchev–Trinajstić information content (AvgIpc) is 3.69. The fourth-order valence-corrected chi connectivity index (χ4v) is 3.57. The maximum absolute atomic E-state index is 12.8. The smallest absolute Gasteiger partial charge is 0.253 e. The monoisotopic (exact) mass is 428 g/mol. The molecule has 0 heterocycles. The Hall–Kier alpha value is -3.44. The van der Waals surface area contributed by atoms with Gasteiger partial charge in [-0.2, -0.15) is 0 Å². The molecule has 0 atom stereocenters. The number of carbonyl (C=O) groups excluding carboxylic acids is 2. The first kappa shape index (κ1) is 21.8. The van der Waals surface area contributed by atoms with Crippen molar-refractivity contribution in [1.29, 1.82) is 0 Å². The molecule has 0 spiro atoms. The molecule has 1 aliphatic carbocycles. The van der Waals surface area contributed by atoms with Crippen LogP contribution in [0.1, 0.15) is 39.9 Å². The van der Waals surface area contributed by atoms with E-state index in [0.29, 0.717) is 31.0 Å². The van der Waals surface area contributed by atoms with Crippen molar-refractivity contribution in [3.05, 3.63) is 101 Å². The molecule has 5 heteroatoms. The molecule has 1 fully saturated rings.